The van der Waals surface area contributed by atoms with E-state index in [9.17, 15) is 4.79 Å². The number of hydrogen-bond acceptors (Lipinski definition) is 5. The molecular formula is C20H25N3O3. The summed E-state index contributed by atoms with van der Waals surface area (Å²) in [4.78, 5) is 18.6. The number of carbonyl (C=O) groups excluding carboxylic acids is 1. The van der Waals surface area contributed by atoms with Crippen LogP contribution in [0.5, 0.6) is 11.5 Å². The molecule has 1 unspecified atom stereocenters. The maximum Gasteiger partial charge on any atom is 0.221 e. The average molecular weight is 355 g/mol. The average Bonchev–Trinajstić information content (AvgIpc) is 2.82. The second-order valence-corrected chi connectivity index (χ2v) is 6.49. The molecule has 1 amide bonds. The number of methoxy groups -OCH3 is 1. The van der Waals surface area contributed by atoms with E-state index in [1.165, 1.54) is 0 Å². The monoisotopic (exact) mass is 355 g/mol. The number of ether oxygens (including phenoxy) is 2. The molecule has 0 saturated carbocycles. The summed E-state index contributed by atoms with van der Waals surface area (Å²) in [5.74, 6) is 1.68. The first kappa shape index (κ1) is 18.2. The summed E-state index contributed by atoms with van der Waals surface area (Å²) in [7, 11) is 1.65. The summed E-state index contributed by atoms with van der Waals surface area (Å²) in [6, 6.07) is 11.6. The van der Waals surface area contributed by atoms with Crippen molar-refractivity contribution in [2.75, 3.05) is 20.2 Å². The molecule has 3 rings (SSSR count). The van der Waals surface area contributed by atoms with Crippen LogP contribution in [0, 0.1) is 0 Å². The number of aromatic nitrogens is 1. The van der Waals surface area contributed by atoms with Crippen LogP contribution in [0.2, 0.25) is 0 Å². The molecule has 1 aromatic heterocycles. The Morgan fingerprint density at radius 3 is 3.04 bits per heavy atom. The van der Waals surface area contributed by atoms with Gasteiger partial charge in [-0.15, -0.1) is 0 Å². The van der Waals surface area contributed by atoms with Crippen LogP contribution >= 0.6 is 0 Å². The van der Waals surface area contributed by atoms with Crippen molar-refractivity contribution in [2.45, 2.75) is 32.5 Å². The molecule has 1 aliphatic heterocycles. The van der Waals surface area contributed by atoms with Crippen molar-refractivity contribution in [1.29, 1.82) is 0 Å². The number of pyridine rings is 1. The molecule has 6 heteroatoms. The standard InChI is InChI=1S/C20H25N3O3/c1-15-13-23(14-16-6-7-18(25-2)11-19(16)26-15)10-8-20(24)22-12-17-5-3-4-9-21-17/h3-7,9,11,15H,8,10,12-14H2,1-2H3,(H,22,24). The minimum atomic E-state index is 0.0309. The minimum absolute atomic E-state index is 0.0309. The third-order valence-corrected chi connectivity index (χ3v) is 4.36. The maximum atomic E-state index is 12.1. The van der Waals surface area contributed by atoms with Crippen molar-refractivity contribution in [3.05, 3.63) is 53.9 Å². The van der Waals surface area contributed by atoms with Crippen LogP contribution in [-0.4, -0.2) is 42.1 Å². The Hall–Kier alpha value is -2.60. The summed E-state index contributed by atoms with van der Waals surface area (Å²) >= 11 is 0. The quantitative estimate of drug-likeness (QED) is 0.862. The van der Waals surface area contributed by atoms with Crippen molar-refractivity contribution in [1.82, 2.24) is 15.2 Å². The molecule has 1 N–H and O–H groups in total. The van der Waals surface area contributed by atoms with E-state index >= 15 is 0 Å². The maximum absolute atomic E-state index is 12.1. The third kappa shape index (κ3) is 4.95. The fourth-order valence-corrected chi connectivity index (χ4v) is 3.04. The van der Waals surface area contributed by atoms with Crippen molar-refractivity contribution in [3.63, 3.8) is 0 Å². The highest BCUT2D eigenvalue weighted by Crippen LogP contribution is 2.29. The zero-order valence-corrected chi connectivity index (χ0v) is 15.3. The Morgan fingerprint density at radius 2 is 2.27 bits per heavy atom. The normalized spacial score (nSPS) is 16.9. The van der Waals surface area contributed by atoms with Crippen LogP contribution < -0.4 is 14.8 Å². The molecule has 0 saturated heterocycles. The van der Waals surface area contributed by atoms with Crippen LogP contribution in [0.1, 0.15) is 24.6 Å². The fourth-order valence-electron chi connectivity index (χ4n) is 3.04. The van der Waals surface area contributed by atoms with E-state index in [0.717, 1.165) is 35.8 Å². The Balaban J connectivity index is 1.53. The van der Waals surface area contributed by atoms with Crippen LogP contribution in [0.4, 0.5) is 0 Å². The lowest BCUT2D eigenvalue weighted by Gasteiger charge is -2.21. The lowest BCUT2D eigenvalue weighted by molar-refractivity contribution is -0.121. The number of hydrogen-bond donors (Lipinski definition) is 1. The van der Waals surface area contributed by atoms with Crippen LogP contribution in [0.15, 0.2) is 42.6 Å². The molecule has 0 bridgehead atoms. The van der Waals surface area contributed by atoms with Gasteiger partial charge in [0.25, 0.3) is 0 Å². The summed E-state index contributed by atoms with van der Waals surface area (Å²) < 4.78 is 11.3. The van der Waals surface area contributed by atoms with Gasteiger partial charge < -0.3 is 14.8 Å². The predicted molar refractivity (Wildman–Crippen MR) is 99.1 cm³/mol. The molecule has 138 valence electrons. The van der Waals surface area contributed by atoms with Crippen LogP contribution in [0.25, 0.3) is 0 Å². The number of carbonyl (C=O) groups is 1. The zero-order chi connectivity index (χ0) is 18.4. The molecule has 0 aliphatic carbocycles. The first-order chi connectivity index (χ1) is 12.6. The SMILES string of the molecule is COc1ccc2c(c1)OC(C)CN(CCC(=O)NCc1ccccn1)C2. The van der Waals surface area contributed by atoms with E-state index in [2.05, 4.69) is 15.2 Å². The smallest absolute Gasteiger partial charge is 0.221 e. The van der Waals surface area contributed by atoms with Gasteiger partial charge in [-0.2, -0.15) is 0 Å². The van der Waals surface area contributed by atoms with Gasteiger partial charge in [-0.05, 0) is 25.1 Å². The largest absolute Gasteiger partial charge is 0.497 e. The Labute approximate surface area is 154 Å². The summed E-state index contributed by atoms with van der Waals surface area (Å²) in [6.45, 7) is 4.74. The van der Waals surface area contributed by atoms with Gasteiger partial charge in [-0.25, -0.2) is 0 Å². The van der Waals surface area contributed by atoms with Gasteiger partial charge in [0.15, 0.2) is 0 Å². The summed E-state index contributed by atoms with van der Waals surface area (Å²) in [5.41, 5.74) is 1.98. The topological polar surface area (TPSA) is 63.7 Å². The van der Waals surface area contributed by atoms with Crippen molar-refractivity contribution >= 4 is 5.91 Å². The van der Waals surface area contributed by atoms with Crippen molar-refractivity contribution < 1.29 is 14.3 Å². The Morgan fingerprint density at radius 1 is 1.38 bits per heavy atom. The molecule has 2 aromatic rings. The molecule has 0 spiro atoms. The van der Waals surface area contributed by atoms with E-state index in [-0.39, 0.29) is 12.0 Å². The van der Waals surface area contributed by atoms with Gasteiger partial charge in [0.2, 0.25) is 5.91 Å². The second-order valence-electron chi connectivity index (χ2n) is 6.49. The number of rotatable bonds is 6. The summed E-state index contributed by atoms with van der Waals surface area (Å²) in [5, 5.41) is 2.92. The predicted octanol–water partition coefficient (Wildman–Crippen LogP) is 2.38. The van der Waals surface area contributed by atoms with Gasteiger partial charge in [-0.3, -0.25) is 14.7 Å². The number of nitrogens with zero attached hydrogens (tertiary/aromatic N) is 2. The molecule has 2 heterocycles. The van der Waals surface area contributed by atoms with Crippen LogP contribution in [0.3, 0.4) is 0 Å². The van der Waals surface area contributed by atoms with Gasteiger partial charge in [0.05, 0.1) is 19.3 Å². The Bertz CT molecular complexity index is 736. The van der Waals surface area contributed by atoms with Crippen LogP contribution in [-0.2, 0) is 17.9 Å². The first-order valence-electron chi connectivity index (χ1n) is 8.86. The highest BCUT2D eigenvalue weighted by molar-refractivity contribution is 5.76. The summed E-state index contributed by atoms with van der Waals surface area (Å²) in [6.07, 6.45) is 2.23. The molecule has 1 aliphatic rings. The minimum Gasteiger partial charge on any atom is -0.497 e. The van der Waals surface area contributed by atoms with E-state index in [4.69, 9.17) is 9.47 Å². The molecule has 1 atom stereocenters. The van der Waals surface area contributed by atoms with Gasteiger partial charge in [0.1, 0.15) is 17.6 Å². The highest BCUT2D eigenvalue weighted by atomic mass is 16.5. The number of amides is 1. The first-order valence-corrected chi connectivity index (χ1v) is 8.86. The molecule has 0 radical (unpaired) electrons. The van der Waals surface area contributed by atoms with E-state index in [1.54, 1.807) is 13.3 Å². The third-order valence-electron chi connectivity index (χ3n) is 4.36. The zero-order valence-electron chi connectivity index (χ0n) is 15.3. The molecule has 26 heavy (non-hydrogen) atoms. The van der Waals surface area contributed by atoms with E-state index in [1.807, 2.05) is 43.3 Å². The van der Waals surface area contributed by atoms with Crippen molar-refractivity contribution in [2.24, 2.45) is 0 Å². The van der Waals surface area contributed by atoms with Gasteiger partial charge in [0, 0.05) is 43.9 Å². The van der Waals surface area contributed by atoms with Crippen molar-refractivity contribution in [3.8, 4) is 11.5 Å². The van der Waals surface area contributed by atoms with E-state index < -0.39 is 0 Å². The van der Waals surface area contributed by atoms with Gasteiger partial charge in [-0.1, -0.05) is 12.1 Å². The number of fused-ring (bicyclic) bond motifs is 1. The second kappa shape index (κ2) is 8.67. The highest BCUT2D eigenvalue weighted by Gasteiger charge is 2.21. The molecule has 1 aromatic carbocycles. The lowest BCUT2D eigenvalue weighted by Crippen LogP contribution is -2.34. The molecular weight excluding hydrogens is 330 g/mol. The molecule has 6 nitrogen and oxygen atoms in total. The Kier molecular flexibility index (Phi) is 6.07. The lowest BCUT2D eigenvalue weighted by atomic mass is 10.1. The number of benzene rings is 1. The number of nitrogens with one attached hydrogen (secondary N) is 1. The van der Waals surface area contributed by atoms with E-state index in [0.29, 0.717) is 19.5 Å². The fraction of sp³-hybridized carbons (Fsp3) is 0.400. The van der Waals surface area contributed by atoms with Gasteiger partial charge >= 0.3 is 0 Å². The molecule has 0 fully saturated rings.